The Hall–Kier alpha value is -0.0800. The topological polar surface area (TPSA) is 15.3 Å². The molecule has 3 aliphatic rings. The van der Waals surface area contributed by atoms with Crippen LogP contribution in [0.1, 0.15) is 38.5 Å². The van der Waals surface area contributed by atoms with Gasteiger partial charge in [0.2, 0.25) is 0 Å². The van der Waals surface area contributed by atoms with E-state index in [0.29, 0.717) is 0 Å². The summed E-state index contributed by atoms with van der Waals surface area (Å²) < 4.78 is 0. The average molecular weight is 208 g/mol. The summed E-state index contributed by atoms with van der Waals surface area (Å²) >= 11 is 0. The third kappa shape index (κ3) is 2.54. The highest BCUT2D eigenvalue weighted by Gasteiger charge is 2.33. The van der Waals surface area contributed by atoms with Gasteiger partial charge in [-0.1, -0.05) is 19.3 Å². The van der Waals surface area contributed by atoms with E-state index in [1.165, 1.54) is 64.7 Å². The Balaban J connectivity index is 1.40. The molecule has 0 aromatic heterocycles. The van der Waals surface area contributed by atoms with E-state index in [9.17, 15) is 0 Å². The van der Waals surface area contributed by atoms with Gasteiger partial charge in [0.1, 0.15) is 0 Å². The monoisotopic (exact) mass is 208 g/mol. The Morgan fingerprint density at radius 2 is 2.00 bits per heavy atom. The molecule has 15 heavy (non-hydrogen) atoms. The molecule has 2 aliphatic carbocycles. The third-order valence-corrected chi connectivity index (χ3v) is 4.56. The Bertz CT molecular complexity index is 209. The van der Waals surface area contributed by atoms with Crippen LogP contribution in [0.3, 0.4) is 0 Å². The molecule has 0 aromatic carbocycles. The second-order valence-electron chi connectivity index (χ2n) is 5.78. The van der Waals surface area contributed by atoms with E-state index in [2.05, 4.69) is 10.2 Å². The fraction of sp³-hybridized carbons (Fsp3) is 1.00. The van der Waals surface area contributed by atoms with Gasteiger partial charge in [-0.05, 0) is 37.6 Å². The molecule has 1 saturated heterocycles. The molecule has 2 heteroatoms. The van der Waals surface area contributed by atoms with Gasteiger partial charge in [-0.15, -0.1) is 0 Å². The Labute approximate surface area is 93.4 Å². The summed E-state index contributed by atoms with van der Waals surface area (Å²) in [6.45, 7) is 5.22. The Morgan fingerprint density at radius 1 is 1.13 bits per heavy atom. The molecule has 1 atom stereocenters. The molecule has 0 amide bonds. The minimum atomic E-state index is 0.833. The Morgan fingerprint density at radius 3 is 2.67 bits per heavy atom. The first-order valence-electron chi connectivity index (χ1n) is 6.87. The molecular formula is C13H24N2. The van der Waals surface area contributed by atoms with Gasteiger partial charge in [-0.2, -0.15) is 0 Å². The number of nitrogens with one attached hydrogen (secondary N) is 1. The van der Waals surface area contributed by atoms with E-state index in [0.717, 1.165) is 17.9 Å². The van der Waals surface area contributed by atoms with Gasteiger partial charge in [-0.25, -0.2) is 0 Å². The maximum absolute atomic E-state index is 3.68. The highest BCUT2D eigenvalue weighted by molar-refractivity contribution is 4.91. The standard InChI is InChI=1S/C13H24N2/c1-2-11(3-1)6-8-15-9-7-14-13(10-15)12-4-5-12/h11-14H,1-10H2. The van der Waals surface area contributed by atoms with Crippen LogP contribution in [-0.2, 0) is 0 Å². The molecular weight excluding hydrogens is 184 g/mol. The van der Waals surface area contributed by atoms with Crippen molar-refractivity contribution in [2.75, 3.05) is 26.2 Å². The fourth-order valence-electron chi connectivity index (χ4n) is 3.01. The zero-order chi connectivity index (χ0) is 10.1. The maximum Gasteiger partial charge on any atom is 0.0223 e. The summed E-state index contributed by atoms with van der Waals surface area (Å²) in [6.07, 6.45) is 8.95. The van der Waals surface area contributed by atoms with Crippen LogP contribution in [0.5, 0.6) is 0 Å². The van der Waals surface area contributed by atoms with Crippen molar-refractivity contribution in [3.63, 3.8) is 0 Å². The molecule has 0 aromatic rings. The molecule has 86 valence electrons. The van der Waals surface area contributed by atoms with Crippen LogP contribution in [0, 0.1) is 11.8 Å². The maximum atomic E-state index is 3.68. The van der Waals surface area contributed by atoms with Gasteiger partial charge < -0.3 is 10.2 Å². The van der Waals surface area contributed by atoms with Gasteiger partial charge in [0.25, 0.3) is 0 Å². The van der Waals surface area contributed by atoms with Crippen LogP contribution in [-0.4, -0.2) is 37.1 Å². The van der Waals surface area contributed by atoms with Crippen molar-refractivity contribution in [3.8, 4) is 0 Å². The van der Waals surface area contributed by atoms with Gasteiger partial charge >= 0.3 is 0 Å². The van der Waals surface area contributed by atoms with Gasteiger partial charge in [0.05, 0.1) is 0 Å². The van der Waals surface area contributed by atoms with E-state index in [1.54, 1.807) is 0 Å². The third-order valence-electron chi connectivity index (χ3n) is 4.56. The molecule has 0 bridgehead atoms. The van der Waals surface area contributed by atoms with Crippen LogP contribution in [0.15, 0.2) is 0 Å². The van der Waals surface area contributed by atoms with E-state index in [1.807, 2.05) is 0 Å². The minimum Gasteiger partial charge on any atom is -0.311 e. The number of hydrogen-bond donors (Lipinski definition) is 1. The van der Waals surface area contributed by atoms with E-state index >= 15 is 0 Å². The normalized spacial score (nSPS) is 34.0. The van der Waals surface area contributed by atoms with Crippen molar-refractivity contribution in [3.05, 3.63) is 0 Å². The lowest BCUT2D eigenvalue weighted by atomic mass is 9.83. The molecule has 3 rings (SSSR count). The van der Waals surface area contributed by atoms with Crippen molar-refractivity contribution in [1.29, 1.82) is 0 Å². The zero-order valence-electron chi connectivity index (χ0n) is 9.75. The predicted molar refractivity (Wildman–Crippen MR) is 62.9 cm³/mol. The lowest BCUT2D eigenvalue weighted by Crippen LogP contribution is -2.52. The number of hydrogen-bond acceptors (Lipinski definition) is 2. The number of piperazine rings is 1. The molecule has 3 fully saturated rings. The quantitative estimate of drug-likeness (QED) is 0.758. The molecule has 1 heterocycles. The molecule has 0 spiro atoms. The first kappa shape index (κ1) is 10.1. The van der Waals surface area contributed by atoms with Crippen LogP contribution in [0.2, 0.25) is 0 Å². The van der Waals surface area contributed by atoms with Crippen molar-refractivity contribution >= 4 is 0 Å². The molecule has 1 aliphatic heterocycles. The summed E-state index contributed by atoms with van der Waals surface area (Å²) in [7, 11) is 0. The molecule has 2 saturated carbocycles. The van der Waals surface area contributed by atoms with E-state index in [4.69, 9.17) is 0 Å². The second-order valence-corrected chi connectivity index (χ2v) is 5.78. The molecule has 1 N–H and O–H groups in total. The average Bonchev–Trinajstić information content (AvgIpc) is 2.99. The fourth-order valence-corrected chi connectivity index (χ4v) is 3.01. The van der Waals surface area contributed by atoms with Gasteiger partial charge in [0.15, 0.2) is 0 Å². The first-order valence-corrected chi connectivity index (χ1v) is 6.87. The molecule has 2 nitrogen and oxygen atoms in total. The minimum absolute atomic E-state index is 0.833. The van der Waals surface area contributed by atoms with Crippen molar-refractivity contribution in [1.82, 2.24) is 10.2 Å². The van der Waals surface area contributed by atoms with Crippen LogP contribution in [0.25, 0.3) is 0 Å². The molecule has 0 radical (unpaired) electrons. The zero-order valence-corrected chi connectivity index (χ0v) is 9.75. The summed E-state index contributed by atoms with van der Waals surface area (Å²) in [6, 6.07) is 0.833. The second kappa shape index (κ2) is 4.42. The summed E-state index contributed by atoms with van der Waals surface area (Å²) in [5.41, 5.74) is 0. The lowest BCUT2D eigenvalue weighted by molar-refractivity contribution is 0.163. The van der Waals surface area contributed by atoms with Gasteiger partial charge in [-0.3, -0.25) is 0 Å². The van der Waals surface area contributed by atoms with E-state index in [-0.39, 0.29) is 0 Å². The van der Waals surface area contributed by atoms with Crippen molar-refractivity contribution in [2.45, 2.75) is 44.6 Å². The van der Waals surface area contributed by atoms with Crippen LogP contribution >= 0.6 is 0 Å². The lowest BCUT2D eigenvalue weighted by Gasteiger charge is -2.35. The first-order chi connectivity index (χ1) is 7.42. The Kier molecular flexibility index (Phi) is 2.98. The number of nitrogens with zero attached hydrogens (tertiary/aromatic N) is 1. The van der Waals surface area contributed by atoms with Crippen molar-refractivity contribution in [2.24, 2.45) is 11.8 Å². The SMILES string of the molecule is C1CC(CCN2CCNC(C3CC3)C2)C1. The largest absolute Gasteiger partial charge is 0.311 e. The van der Waals surface area contributed by atoms with Crippen LogP contribution in [0.4, 0.5) is 0 Å². The van der Waals surface area contributed by atoms with Crippen LogP contribution < -0.4 is 5.32 Å². The highest BCUT2D eigenvalue weighted by Crippen LogP contribution is 2.34. The summed E-state index contributed by atoms with van der Waals surface area (Å²) in [5.74, 6) is 2.11. The molecule has 1 unspecified atom stereocenters. The predicted octanol–water partition coefficient (Wildman–Crippen LogP) is 1.86. The van der Waals surface area contributed by atoms with Crippen molar-refractivity contribution < 1.29 is 0 Å². The van der Waals surface area contributed by atoms with Gasteiger partial charge in [0, 0.05) is 25.7 Å². The summed E-state index contributed by atoms with van der Waals surface area (Å²) in [4.78, 5) is 2.71. The highest BCUT2D eigenvalue weighted by atomic mass is 15.2. The summed E-state index contributed by atoms with van der Waals surface area (Å²) in [5, 5.41) is 3.68. The number of rotatable bonds is 4. The smallest absolute Gasteiger partial charge is 0.0223 e. The van der Waals surface area contributed by atoms with E-state index < -0.39 is 0 Å².